The third kappa shape index (κ3) is 3.58. The Kier molecular flexibility index (Phi) is 4.78. The summed E-state index contributed by atoms with van der Waals surface area (Å²) in [6.07, 6.45) is 0. The van der Waals surface area contributed by atoms with Gasteiger partial charge in [0.05, 0.1) is 11.1 Å². The van der Waals surface area contributed by atoms with Crippen LogP contribution in [-0.2, 0) is 0 Å². The van der Waals surface area contributed by atoms with Crippen LogP contribution in [0.25, 0.3) is 45.8 Å². The van der Waals surface area contributed by atoms with Crippen LogP contribution in [0, 0.1) is 0 Å². The van der Waals surface area contributed by atoms with Gasteiger partial charge in [0.1, 0.15) is 0 Å². The zero-order valence-corrected chi connectivity index (χ0v) is 16.8. The molecule has 0 amide bonds. The monoisotopic (exact) mass is 434 g/mol. The van der Waals surface area contributed by atoms with E-state index in [0.29, 0.717) is 44.7 Å². The molecule has 0 unspecified atom stereocenters. The molecule has 5 rings (SSSR count). The maximum Gasteiger partial charge on any atom is 0.248 e. The Hall–Kier alpha value is -3.48. The fourth-order valence-electron chi connectivity index (χ4n) is 2.94. The van der Waals surface area contributed by atoms with E-state index in [1.807, 2.05) is 48.5 Å². The third-order valence-electron chi connectivity index (χ3n) is 4.42. The molecule has 0 aliphatic heterocycles. The second kappa shape index (κ2) is 7.74. The molecule has 8 heteroatoms. The summed E-state index contributed by atoms with van der Waals surface area (Å²) in [4.78, 5) is 0. The number of halogens is 2. The largest absolute Gasteiger partial charge is 0.416 e. The second-order valence-corrected chi connectivity index (χ2v) is 7.26. The number of benzene rings is 3. The van der Waals surface area contributed by atoms with E-state index in [1.54, 1.807) is 24.3 Å². The standard InChI is InChI=1S/C22H12Cl2N4O2/c23-15-9-5-13(6-10-15)19-25-27-21(29-19)17-3-1-2-4-18(17)22-28-26-20(30-22)14-7-11-16(24)12-8-14/h1-12H. The molecule has 5 aromatic rings. The van der Waals surface area contributed by atoms with Gasteiger partial charge in [-0.2, -0.15) is 0 Å². The predicted molar refractivity (Wildman–Crippen MR) is 114 cm³/mol. The first-order valence-corrected chi connectivity index (χ1v) is 9.71. The summed E-state index contributed by atoms with van der Waals surface area (Å²) in [5, 5.41) is 18.0. The van der Waals surface area contributed by atoms with E-state index in [0.717, 1.165) is 11.1 Å². The van der Waals surface area contributed by atoms with Crippen LogP contribution in [0.3, 0.4) is 0 Å². The van der Waals surface area contributed by atoms with Gasteiger partial charge in [0.25, 0.3) is 0 Å². The van der Waals surface area contributed by atoms with Crippen molar-refractivity contribution in [3.05, 3.63) is 82.8 Å². The van der Waals surface area contributed by atoms with E-state index >= 15 is 0 Å². The maximum absolute atomic E-state index is 5.95. The number of hydrogen-bond acceptors (Lipinski definition) is 6. The fourth-order valence-corrected chi connectivity index (χ4v) is 3.19. The number of aromatic nitrogens is 4. The molecular formula is C22H12Cl2N4O2. The molecular weight excluding hydrogens is 423 g/mol. The first-order chi connectivity index (χ1) is 14.7. The Labute approximate surface area is 181 Å². The van der Waals surface area contributed by atoms with Crippen molar-refractivity contribution in [2.75, 3.05) is 0 Å². The van der Waals surface area contributed by atoms with E-state index < -0.39 is 0 Å². The molecule has 0 bridgehead atoms. The van der Waals surface area contributed by atoms with Gasteiger partial charge in [0.15, 0.2) is 0 Å². The molecule has 0 aliphatic rings. The minimum Gasteiger partial charge on any atom is -0.416 e. The summed E-state index contributed by atoms with van der Waals surface area (Å²) in [6, 6.07) is 21.8. The smallest absolute Gasteiger partial charge is 0.248 e. The number of rotatable bonds is 4. The Bertz CT molecular complexity index is 1210. The first-order valence-electron chi connectivity index (χ1n) is 8.96. The fraction of sp³-hybridized carbons (Fsp3) is 0. The predicted octanol–water partition coefficient (Wildman–Crippen LogP) is 6.43. The lowest BCUT2D eigenvalue weighted by Crippen LogP contribution is -1.85. The van der Waals surface area contributed by atoms with Gasteiger partial charge in [0, 0.05) is 21.2 Å². The molecule has 0 saturated carbocycles. The minimum absolute atomic E-state index is 0.349. The Morgan fingerprint density at radius 1 is 0.467 bits per heavy atom. The average Bonchev–Trinajstić information content (AvgIpc) is 3.45. The molecule has 0 N–H and O–H groups in total. The van der Waals surface area contributed by atoms with E-state index in [4.69, 9.17) is 32.0 Å². The van der Waals surface area contributed by atoms with E-state index in [1.165, 1.54) is 0 Å². The van der Waals surface area contributed by atoms with Crippen LogP contribution in [-0.4, -0.2) is 20.4 Å². The Balaban J connectivity index is 1.51. The highest BCUT2D eigenvalue weighted by Crippen LogP contribution is 2.33. The molecule has 30 heavy (non-hydrogen) atoms. The molecule has 3 aromatic carbocycles. The summed E-state index contributed by atoms with van der Waals surface area (Å²) in [5.41, 5.74) is 2.94. The van der Waals surface area contributed by atoms with Crippen LogP contribution in [0.15, 0.2) is 81.6 Å². The lowest BCUT2D eigenvalue weighted by Gasteiger charge is -2.01. The molecule has 2 aromatic heterocycles. The Morgan fingerprint density at radius 2 is 0.833 bits per heavy atom. The number of hydrogen-bond donors (Lipinski definition) is 0. The van der Waals surface area contributed by atoms with Gasteiger partial charge < -0.3 is 8.83 Å². The van der Waals surface area contributed by atoms with Crippen LogP contribution in [0.4, 0.5) is 0 Å². The highest BCUT2D eigenvalue weighted by Gasteiger charge is 2.19. The molecule has 0 fully saturated rings. The van der Waals surface area contributed by atoms with Crippen molar-refractivity contribution in [3.8, 4) is 45.8 Å². The zero-order chi connectivity index (χ0) is 20.5. The van der Waals surface area contributed by atoms with Gasteiger partial charge in [-0.15, -0.1) is 20.4 Å². The summed E-state index contributed by atoms with van der Waals surface area (Å²) in [5.74, 6) is 1.48. The van der Waals surface area contributed by atoms with Crippen LogP contribution in [0.1, 0.15) is 0 Å². The quantitative estimate of drug-likeness (QED) is 0.324. The molecule has 0 atom stereocenters. The van der Waals surface area contributed by atoms with Crippen LogP contribution >= 0.6 is 23.2 Å². The topological polar surface area (TPSA) is 77.8 Å². The summed E-state index contributed by atoms with van der Waals surface area (Å²) in [7, 11) is 0. The SMILES string of the molecule is Clc1ccc(-c2nnc(-c3ccccc3-c3nnc(-c4ccc(Cl)cc4)o3)o2)cc1. The van der Waals surface area contributed by atoms with Crippen LogP contribution in [0.2, 0.25) is 10.0 Å². The Morgan fingerprint density at radius 3 is 1.23 bits per heavy atom. The molecule has 2 heterocycles. The van der Waals surface area contributed by atoms with Crippen molar-refractivity contribution < 1.29 is 8.83 Å². The van der Waals surface area contributed by atoms with Gasteiger partial charge in [-0.1, -0.05) is 35.3 Å². The normalized spacial score (nSPS) is 11.0. The van der Waals surface area contributed by atoms with Crippen LogP contribution < -0.4 is 0 Å². The minimum atomic E-state index is 0.349. The molecule has 0 aliphatic carbocycles. The van der Waals surface area contributed by atoms with E-state index in [2.05, 4.69) is 20.4 Å². The second-order valence-electron chi connectivity index (χ2n) is 6.38. The molecule has 6 nitrogen and oxygen atoms in total. The van der Waals surface area contributed by atoms with Crippen molar-refractivity contribution in [1.29, 1.82) is 0 Å². The van der Waals surface area contributed by atoms with Gasteiger partial charge in [-0.25, -0.2) is 0 Å². The van der Waals surface area contributed by atoms with Crippen LogP contribution in [0.5, 0.6) is 0 Å². The van der Waals surface area contributed by atoms with Crippen molar-refractivity contribution in [3.63, 3.8) is 0 Å². The first kappa shape index (κ1) is 18.5. The molecule has 0 spiro atoms. The van der Waals surface area contributed by atoms with Crippen molar-refractivity contribution in [1.82, 2.24) is 20.4 Å². The molecule has 0 saturated heterocycles. The van der Waals surface area contributed by atoms with Gasteiger partial charge >= 0.3 is 0 Å². The summed E-state index contributed by atoms with van der Waals surface area (Å²) in [6.45, 7) is 0. The van der Waals surface area contributed by atoms with Gasteiger partial charge in [0.2, 0.25) is 23.6 Å². The summed E-state index contributed by atoms with van der Waals surface area (Å²) >= 11 is 11.9. The third-order valence-corrected chi connectivity index (χ3v) is 4.92. The maximum atomic E-state index is 5.95. The lowest BCUT2D eigenvalue weighted by molar-refractivity contribution is 0.577. The lowest BCUT2D eigenvalue weighted by atomic mass is 10.1. The van der Waals surface area contributed by atoms with Gasteiger partial charge in [-0.3, -0.25) is 0 Å². The molecule has 146 valence electrons. The van der Waals surface area contributed by atoms with Crippen molar-refractivity contribution in [2.45, 2.75) is 0 Å². The van der Waals surface area contributed by atoms with Crippen molar-refractivity contribution in [2.24, 2.45) is 0 Å². The summed E-state index contributed by atoms with van der Waals surface area (Å²) < 4.78 is 11.8. The highest BCUT2D eigenvalue weighted by atomic mass is 35.5. The molecule has 0 radical (unpaired) electrons. The van der Waals surface area contributed by atoms with Crippen molar-refractivity contribution >= 4 is 23.2 Å². The van der Waals surface area contributed by atoms with Gasteiger partial charge in [-0.05, 0) is 60.7 Å². The number of nitrogens with zero attached hydrogens (tertiary/aromatic N) is 4. The zero-order valence-electron chi connectivity index (χ0n) is 15.3. The average molecular weight is 435 g/mol. The van der Waals surface area contributed by atoms with E-state index in [-0.39, 0.29) is 0 Å². The van der Waals surface area contributed by atoms with E-state index in [9.17, 15) is 0 Å². The highest BCUT2D eigenvalue weighted by molar-refractivity contribution is 6.30.